The van der Waals surface area contributed by atoms with E-state index < -0.39 is 12.3 Å². The van der Waals surface area contributed by atoms with Crippen molar-refractivity contribution < 1.29 is 38.0 Å². The van der Waals surface area contributed by atoms with Gasteiger partial charge in [0.2, 0.25) is 0 Å². The lowest BCUT2D eigenvalue weighted by molar-refractivity contribution is -0.00188. The summed E-state index contributed by atoms with van der Waals surface area (Å²) in [7, 11) is 0. The maximum atomic E-state index is 10.8. The molecular weight excluding hydrogens is 296 g/mol. The van der Waals surface area contributed by atoms with Gasteiger partial charge in [0, 0.05) is 0 Å². The molecule has 0 heterocycles. The van der Waals surface area contributed by atoms with E-state index in [1.54, 1.807) is 0 Å². The summed E-state index contributed by atoms with van der Waals surface area (Å²) in [6.45, 7) is 0.820. The van der Waals surface area contributed by atoms with Crippen molar-refractivity contribution in [2.45, 2.75) is 0 Å². The highest BCUT2D eigenvalue weighted by Gasteiger charge is 2.02. The molecule has 0 bridgehead atoms. The van der Waals surface area contributed by atoms with Crippen LogP contribution < -0.4 is 0 Å². The van der Waals surface area contributed by atoms with Crippen molar-refractivity contribution >= 4 is 12.3 Å². The number of rotatable bonds is 11. The predicted octanol–water partition coefficient (Wildman–Crippen LogP) is 0.592. The molecule has 0 atom stereocenters. The van der Waals surface area contributed by atoms with Gasteiger partial charge in [-0.1, -0.05) is 11.8 Å². The van der Waals surface area contributed by atoms with Crippen LogP contribution in [0.2, 0.25) is 0 Å². The molecule has 22 heavy (non-hydrogen) atoms. The van der Waals surface area contributed by atoms with Crippen molar-refractivity contribution in [3.8, 4) is 24.7 Å². The van der Waals surface area contributed by atoms with Gasteiger partial charge in [-0.15, -0.1) is 12.8 Å². The molecule has 8 heteroatoms. The molecule has 0 aliphatic rings. The highest BCUT2D eigenvalue weighted by atomic mass is 16.7. The number of hydrogen-bond acceptors (Lipinski definition) is 8. The molecule has 0 unspecified atom stereocenters. The van der Waals surface area contributed by atoms with Gasteiger partial charge in [0.1, 0.15) is 13.2 Å². The van der Waals surface area contributed by atoms with Gasteiger partial charge in [-0.3, -0.25) is 0 Å². The molecule has 8 nitrogen and oxygen atoms in total. The van der Waals surface area contributed by atoms with Crippen LogP contribution in [-0.2, 0) is 28.4 Å². The molecule has 0 spiro atoms. The summed E-state index contributed by atoms with van der Waals surface area (Å²) in [6.07, 6.45) is 8.11. The molecule has 0 aliphatic carbocycles. The molecule has 122 valence electrons. The normalized spacial score (nSPS) is 9.18. The van der Waals surface area contributed by atoms with Crippen LogP contribution in [0.4, 0.5) is 9.59 Å². The Hall–Kier alpha value is -2.42. The van der Waals surface area contributed by atoms with Gasteiger partial charge in [0.15, 0.2) is 13.2 Å². The summed E-state index contributed by atoms with van der Waals surface area (Å²) in [6, 6.07) is 0. The minimum atomic E-state index is -0.841. The van der Waals surface area contributed by atoms with Gasteiger partial charge in [-0.05, 0) is 0 Å². The Labute approximate surface area is 128 Å². The van der Waals surface area contributed by atoms with Gasteiger partial charge < -0.3 is 28.4 Å². The molecule has 0 aromatic carbocycles. The lowest BCUT2D eigenvalue weighted by Crippen LogP contribution is -2.16. The lowest BCUT2D eigenvalue weighted by atomic mass is 10.7. The van der Waals surface area contributed by atoms with E-state index in [1.165, 1.54) is 0 Å². The van der Waals surface area contributed by atoms with Gasteiger partial charge >= 0.3 is 12.3 Å². The molecular formula is C14H18O8. The largest absolute Gasteiger partial charge is 0.509 e. The fourth-order valence-corrected chi connectivity index (χ4v) is 0.974. The van der Waals surface area contributed by atoms with Crippen molar-refractivity contribution in [1.82, 2.24) is 0 Å². The van der Waals surface area contributed by atoms with Crippen molar-refractivity contribution in [3.05, 3.63) is 0 Å². The van der Waals surface area contributed by atoms with E-state index in [4.69, 9.17) is 22.3 Å². The topological polar surface area (TPSA) is 89.5 Å². The Bertz CT molecular complexity index is 355. The zero-order valence-electron chi connectivity index (χ0n) is 12.1. The summed E-state index contributed by atoms with van der Waals surface area (Å²) >= 11 is 0. The van der Waals surface area contributed by atoms with Crippen LogP contribution in [0.1, 0.15) is 0 Å². The first-order valence-electron chi connectivity index (χ1n) is 6.32. The summed E-state index contributed by atoms with van der Waals surface area (Å²) in [5, 5.41) is 0. The van der Waals surface area contributed by atoms with Crippen molar-refractivity contribution in [2.24, 2.45) is 0 Å². The van der Waals surface area contributed by atoms with E-state index in [0.29, 0.717) is 13.2 Å². The second kappa shape index (κ2) is 15.0. The quantitative estimate of drug-likeness (QED) is 0.311. The fraction of sp³-hybridized carbons (Fsp3) is 0.571. The molecule has 0 aliphatic heterocycles. The zero-order valence-corrected chi connectivity index (χ0v) is 12.1. The maximum absolute atomic E-state index is 10.8. The van der Waals surface area contributed by atoms with E-state index in [9.17, 15) is 9.59 Å². The molecule has 0 fully saturated rings. The number of ether oxygens (including phenoxy) is 6. The van der Waals surface area contributed by atoms with Crippen LogP contribution >= 0.6 is 0 Å². The van der Waals surface area contributed by atoms with Crippen LogP contribution in [0, 0.1) is 24.7 Å². The third-order valence-electron chi connectivity index (χ3n) is 1.81. The van der Waals surface area contributed by atoms with Gasteiger partial charge in [0.05, 0.1) is 26.4 Å². The van der Waals surface area contributed by atoms with E-state index in [0.717, 1.165) is 0 Å². The second-order valence-electron chi connectivity index (χ2n) is 3.41. The van der Waals surface area contributed by atoms with E-state index in [1.807, 2.05) is 0 Å². The average Bonchev–Trinajstić information content (AvgIpc) is 2.52. The monoisotopic (exact) mass is 314 g/mol. The molecule has 0 aromatic heterocycles. The zero-order chi connectivity index (χ0) is 16.5. The van der Waals surface area contributed by atoms with E-state index in [-0.39, 0.29) is 39.6 Å². The summed E-state index contributed by atoms with van der Waals surface area (Å²) < 4.78 is 28.4. The SMILES string of the molecule is C#CCOC(=O)OCCOCCOCCOC(=O)OCC#C. The van der Waals surface area contributed by atoms with Gasteiger partial charge in [-0.2, -0.15) is 0 Å². The van der Waals surface area contributed by atoms with Crippen LogP contribution in [0.3, 0.4) is 0 Å². The Morgan fingerprint density at radius 1 is 0.636 bits per heavy atom. The Morgan fingerprint density at radius 2 is 1.00 bits per heavy atom. The third-order valence-corrected chi connectivity index (χ3v) is 1.81. The lowest BCUT2D eigenvalue weighted by Gasteiger charge is -2.07. The van der Waals surface area contributed by atoms with Crippen molar-refractivity contribution in [3.63, 3.8) is 0 Å². The van der Waals surface area contributed by atoms with E-state index in [2.05, 4.69) is 30.8 Å². The highest BCUT2D eigenvalue weighted by molar-refractivity contribution is 5.60. The fourth-order valence-electron chi connectivity index (χ4n) is 0.974. The first kappa shape index (κ1) is 19.6. The third kappa shape index (κ3) is 14.0. The van der Waals surface area contributed by atoms with Gasteiger partial charge in [0.25, 0.3) is 0 Å². The van der Waals surface area contributed by atoms with Crippen molar-refractivity contribution in [2.75, 3.05) is 52.9 Å². The minimum Gasteiger partial charge on any atom is -0.432 e. The second-order valence-corrected chi connectivity index (χ2v) is 3.41. The molecule has 0 saturated carbocycles. The Kier molecular flexibility index (Phi) is 13.3. The Morgan fingerprint density at radius 3 is 1.36 bits per heavy atom. The van der Waals surface area contributed by atoms with Gasteiger partial charge in [-0.25, -0.2) is 9.59 Å². The maximum Gasteiger partial charge on any atom is 0.509 e. The Balaban J connectivity index is 3.21. The van der Waals surface area contributed by atoms with Crippen LogP contribution in [0.15, 0.2) is 0 Å². The molecule has 0 N–H and O–H groups in total. The number of carbonyl (C=O) groups excluding carboxylic acids is 2. The van der Waals surface area contributed by atoms with Crippen LogP contribution in [0.25, 0.3) is 0 Å². The molecule has 0 aromatic rings. The summed E-state index contributed by atoms with van der Waals surface area (Å²) in [5.74, 6) is 4.26. The summed E-state index contributed by atoms with van der Waals surface area (Å²) in [4.78, 5) is 21.7. The summed E-state index contributed by atoms with van der Waals surface area (Å²) in [5.41, 5.74) is 0. The molecule has 0 rings (SSSR count). The van der Waals surface area contributed by atoms with Crippen LogP contribution in [0.5, 0.6) is 0 Å². The van der Waals surface area contributed by atoms with Crippen LogP contribution in [-0.4, -0.2) is 65.2 Å². The molecule has 0 saturated heterocycles. The standard InChI is InChI=1S/C14H18O8/c1-3-5-19-13(15)21-11-9-17-7-8-18-10-12-22-14(16)20-6-4-2/h1-2H,5-12H2. The number of hydrogen-bond donors (Lipinski definition) is 0. The highest BCUT2D eigenvalue weighted by Crippen LogP contribution is 1.88. The predicted molar refractivity (Wildman–Crippen MR) is 73.9 cm³/mol. The minimum absolute atomic E-state index is 0.0491. The average molecular weight is 314 g/mol. The number of carbonyl (C=O) groups is 2. The first-order chi connectivity index (χ1) is 10.7. The van der Waals surface area contributed by atoms with Crippen molar-refractivity contribution in [1.29, 1.82) is 0 Å². The molecule has 0 radical (unpaired) electrons. The van der Waals surface area contributed by atoms with E-state index >= 15 is 0 Å². The molecule has 0 amide bonds. The first-order valence-corrected chi connectivity index (χ1v) is 6.32. The smallest absolute Gasteiger partial charge is 0.432 e. The number of terminal acetylenes is 2.